The lowest BCUT2D eigenvalue weighted by molar-refractivity contribution is -0.123. The third-order valence-electron chi connectivity index (χ3n) is 3.74. The third-order valence-corrected chi connectivity index (χ3v) is 3.74. The summed E-state index contributed by atoms with van der Waals surface area (Å²) in [5.41, 5.74) is 0.810. The predicted octanol–water partition coefficient (Wildman–Crippen LogP) is 2.45. The first-order valence-corrected chi connectivity index (χ1v) is 7.11. The lowest BCUT2D eigenvalue weighted by atomic mass is 9.99. The van der Waals surface area contributed by atoms with E-state index in [-0.39, 0.29) is 17.6 Å². The van der Waals surface area contributed by atoms with E-state index in [2.05, 4.69) is 5.32 Å². The Morgan fingerprint density at radius 2 is 2.20 bits per heavy atom. The molecule has 0 bridgehead atoms. The summed E-state index contributed by atoms with van der Waals surface area (Å²) in [6, 6.07) is 7.90. The molecule has 1 unspecified atom stereocenters. The molecule has 4 heteroatoms. The number of hydrogen-bond acceptors (Lipinski definition) is 3. The number of carbonyl (C=O) groups excluding carboxylic acids is 1. The van der Waals surface area contributed by atoms with Gasteiger partial charge in [-0.3, -0.25) is 4.79 Å². The second-order valence-electron chi connectivity index (χ2n) is 5.72. The van der Waals surface area contributed by atoms with E-state index >= 15 is 0 Å². The van der Waals surface area contributed by atoms with E-state index in [1.54, 1.807) is 0 Å². The molecule has 0 aliphatic carbocycles. The molecule has 0 spiro atoms. The van der Waals surface area contributed by atoms with Crippen LogP contribution in [0.5, 0.6) is 5.75 Å². The zero-order chi connectivity index (χ0) is 14.6. The van der Waals surface area contributed by atoms with Crippen LogP contribution in [0.3, 0.4) is 0 Å². The summed E-state index contributed by atoms with van der Waals surface area (Å²) < 4.78 is 11.2. The van der Waals surface area contributed by atoms with Gasteiger partial charge in [0.2, 0.25) is 5.91 Å². The first kappa shape index (κ1) is 14.9. The molecular formula is C16H23NO3. The molecule has 0 saturated carbocycles. The number of amides is 1. The van der Waals surface area contributed by atoms with Crippen LogP contribution >= 0.6 is 0 Å². The van der Waals surface area contributed by atoms with Crippen molar-refractivity contribution in [2.45, 2.75) is 45.3 Å². The van der Waals surface area contributed by atoms with Gasteiger partial charge in [-0.05, 0) is 38.8 Å². The molecule has 1 saturated heterocycles. The zero-order valence-electron chi connectivity index (χ0n) is 12.4. The van der Waals surface area contributed by atoms with Gasteiger partial charge in [-0.25, -0.2) is 0 Å². The van der Waals surface area contributed by atoms with Crippen LogP contribution in [-0.4, -0.2) is 30.8 Å². The maximum absolute atomic E-state index is 11.9. The molecule has 1 amide bonds. The number of nitrogens with one attached hydrogen (secondary N) is 1. The zero-order valence-corrected chi connectivity index (χ0v) is 12.4. The monoisotopic (exact) mass is 277 g/mol. The van der Waals surface area contributed by atoms with Gasteiger partial charge in [-0.1, -0.05) is 18.2 Å². The smallest absolute Gasteiger partial charge is 0.223 e. The molecule has 1 aromatic rings. The predicted molar refractivity (Wildman–Crippen MR) is 77.9 cm³/mol. The quantitative estimate of drug-likeness (QED) is 0.899. The maximum Gasteiger partial charge on any atom is 0.223 e. The van der Waals surface area contributed by atoms with E-state index in [1.807, 2.05) is 45.0 Å². The highest BCUT2D eigenvalue weighted by atomic mass is 16.5. The van der Waals surface area contributed by atoms with Crippen LogP contribution in [0.4, 0.5) is 0 Å². The largest absolute Gasteiger partial charge is 0.493 e. The Bertz CT molecular complexity index is 471. The van der Waals surface area contributed by atoms with Gasteiger partial charge in [0.1, 0.15) is 5.75 Å². The van der Waals surface area contributed by atoms with Gasteiger partial charge in [0.05, 0.1) is 24.7 Å². The van der Waals surface area contributed by atoms with Crippen LogP contribution < -0.4 is 10.1 Å². The summed E-state index contributed by atoms with van der Waals surface area (Å²) in [5.74, 6) is 0.854. The van der Waals surface area contributed by atoms with Crippen molar-refractivity contribution in [1.29, 1.82) is 0 Å². The van der Waals surface area contributed by atoms with Crippen LogP contribution in [-0.2, 0) is 9.53 Å². The van der Waals surface area contributed by atoms with Gasteiger partial charge in [-0.15, -0.1) is 0 Å². The summed E-state index contributed by atoms with van der Waals surface area (Å²) in [7, 11) is 0. The van der Waals surface area contributed by atoms with Gasteiger partial charge in [0, 0.05) is 6.61 Å². The number of ether oxygens (including phenoxy) is 2. The number of para-hydroxylation sites is 1. The lowest BCUT2D eigenvalue weighted by Crippen LogP contribution is -2.46. The minimum absolute atomic E-state index is 0.0159. The molecule has 4 nitrogen and oxygen atoms in total. The van der Waals surface area contributed by atoms with Crippen LogP contribution in [0.15, 0.2) is 24.3 Å². The molecule has 0 aromatic heterocycles. The van der Waals surface area contributed by atoms with E-state index in [0.29, 0.717) is 19.6 Å². The van der Waals surface area contributed by atoms with Crippen molar-refractivity contribution in [2.24, 2.45) is 0 Å². The van der Waals surface area contributed by atoms with Gasteiger partial charge in [-0.2, -0.15) is 0 Å². The minimum atomic E-state index is -0.271. The number of carbonyl (C=O) groups is 1. The number of hydrogen-bond donors (Lipinski definition) is 1. The van der Waals surface area contributed by atoms with E-state index < -0.39 is 0 Å². The van der Waals surface area contributed by atoms with E-state index in [1.165, 1.54) is 0 Å². The second-order valence-corrected chi connectivity index (χ2v) is 5.72. The molecule has 1 atom stereocenters. The van der Waals surface area contributed by atoms with Crippen molar-refractivity contribution < 1.29 is 14.3 Å². The van der Waals surface area contributed by atoms with E-state index in [4.69, 9.17) is 9.47 Å². The normalized spacial score (nSPS) is 20.6. The molecule has 1 heterocycles. The van der Waals surface area contributed by atoms with Crippen molar-refractivity contribution in [3.8, 4) is 5.75 Å². The average Bonchev–Trinajstić information content (AvgIpc) is 2.71. The Morgan fingerprint density at radius 1 is 1.45 bits per heavy atom. The fraction of sp³-hybridized carbons (Fsp3) is 0.562. The molecule has 2 rings (SSSR count). The SMILES string of the molecule is Cc1ccccc1OCCC(=O)NC1CCOC1(C)C. The highest BCUT2D eigenvalue weighted by molar-refractivity contribution is 5.76. The first-order valence-electron chi connectivity index (χ1n) is 7.11. The van der Waals surface area contributed by atoms with Gasteiger partial charge < -0.3 is 14.8 Å². The topological polar surface area (TPSA) is 47.6 Å². The van der Waals surface area contributed by atoms with Crippen molar-refractivity contribution in [3.63, 3.8) is 0 Å². The van der Waals surface area contributed by atoms with Crippen molar-refractivity contribution in [2.75, 3.05) is 13.2 Å². The molecular weight excluding hydrogens is 254 g/mol. The minimum Gasteiger partial charge on any atom is -0.493 e. The second kappa shape index (κ2) is 6.27. The Balaban J connectivity index is 1.75. The Morgan fingerprint density at radius 3 is 2.85 bits per heavy atom. The van der Waals surface area contributed by atoms with Crippen LogP contribution in [0.2, 0.25) is 0 Å². The van der Waals surface area contributed by atoms with Crippen molar-refractivity contribution in [3.05, 3.63) is 29.8 Å². The fourth-order valence-corrected chi connectivity index (χ4v) is 2.37. The molecule has 1 N–H and O–H groups in total. The summed E-state index contributed by atoms with van der Waals surface area (Å²) in [6.45, 7) is 7.11. The molecule has 1 fully saturated rings. The van der Waals surface area contributed by atoms with Crippen molar-refractivity contribution >= 4 is 5.91 Å². The van der Waals surface area contributed by atoms with E-state index in [0.717, 1.165) is 17.7 Å². The third kappa shape index (κ3) is 3.73. The van der Waals surface area contributed by atoms with Crippen molar-refractivity contribution in [1.82, 2.24) is 5.32 Å². The summed E-state index contributed by atoms with van der Waals surface area (Å²) in [6.07, 6.45) is 1.23. The molecule has 1 aromatic carbocycles. The maximum atomic E-state index is 11.9. The molecule has 1 aliphatic heterocycles. The first-order chi connectivity index (χ1) is 9.49. The van der Waals surface area contributed by atoms with Gasteiger partial charge in [0.15, 0.2) is 0 Å². The highest BCUT2D eigenvalue weighted by Crippen LogP contribution is 2.24. The Kier molecular flexibility index (Phi) is 4.65. The summed E-state index contributed by atoms with van der Waals surface area (Å²) in [4.78, 5) is 11.9. The molecule has 110 valence electrons. The van der Waals surface area contributed by atoms with E-state index in [9.17, 15) is 4.79 Å². The van der Waals surface area contributed by atoms with Crippen LogP contribution in [0, 0.1) is 6.92 Å². The van der Waals surface area contributed by atoms with Crippen LogP contribution in [0.1, 0.15) is 32.3 Å². The summed E-state index contributed by atoms with van der Waals surface area (Å²) in [5, 5.41) is 3.03. The highest BCUT2D eigenvalue weighted by Gasteiger charge is 2.36. The number of aryl methyl sites for hydroxylation is 1. The Hall–Kier alpha value is -1.55. The Labute approximate surface area is 120 Å². The van der Waals surface area contributed by atoms with Gasteiger partial charge >= 0.3 is 0 Å². The number of benzene rings is 1. The van der Waals surface area contributed by atoms with Gasteiger partial charge in [0.25, 0.3) is 0 Å². The van der Waals surface area contributed by atoms with Crippen LogP contribution in [0.25, 0.3) is 0 Å². The number of rotatable bonds is 5. The summed E-state index contributed by atoms with van der Waals surface area (Å²) >= 11 is 0. The average molecular weight is 277 g/mol. The fourth-order valence-electron chi connectivity index (χ4n) is 2.37. The standard InChI is InChI=1S/C16H23NO3/c1-12-6-4-5-7-13(12)19-10-9-15(18)17-14-8-11-20-16(14,2)3/h4-7,14H,8-11H2,1-3H3,(H,17,18). The molecule has 1 aliphatic rings. The molecule has 0 radical (unpaired) electrons. The molecule has 20 heavy (non-hydrogen) atoms. The lowest BCUT2D eigenvalue weighted by Gasteiger charge is -2.26.